The maximum absolute atomic E-state index is 4.44. The van der Waals surface area contributed by atoms with E-state index in [0.717, 1.165) is 24.7 Å². The molecule has 1 aromatic rings. The lowest BCUT2D eigenvalue weighted by Crippen LogP contribution is -2.31. The highest BCUT2D eigenvalue weighted by atomic mass is 15.3. The predicted octanol–water partition coefficient (Wildman–Crippen LogP) is 2.24. The molecule has 1 aromatic heterocycles. The number of nitrogens with zero attached hydrogens (tertiary/aromatic N) is 3. The van der Waals surface area contributed by atoms with Gasteiger partial charge in [0.25, 0.3) is 0 Å². The van der Waals surface area contributed by atoms with E-state index in [9.17, 15) is 0 Å². The predicted molar refractivity (Wildman–Crippen MR) is 71.6 cm³/mol. The quantitative estimate of drug-likeness (QED) is 0.892. The topological polar surface area (TPSA) is 42.7 Å². The monoisotopic (exact) mass is 248 g/mol. The minimum absolute atomic E-state index is 0.673. The molecule has 1 saturated carbocycles. The highest BCUT2D eigenvalue weighted by Gasteiger charge is 2.24. The summed E-state index contributed by atoms with van der Waals surface area (Å²) in [5.41, 5.74) is 0. The van der Waals surface area contributed by atoms with Crippen LogP contribution in [0.5, 0.6) is 0 Å². The third-order valence-corrected chi connectivity index (χ3v) is 4.50. The van der Waals surface area contributed by atoms with Crippen LogP contribution in [-0.4, -0.2) is 27.9 Å². The fourth-order valence-corrected chi connectivity index (χ4v) is 3.55. The zero-order valence-electron chi connectivity index (χ0n) is 11.4. The van der Waals surface area contributed by atoms with Gasteiger partial charge in [0.1, 0.15) is 11.6 Å². The Labute approximate surface area is 109 Å². The van der Waals surface area contributed by atoms with Crippen molar-refractivity contribution in [3.63, 3.8) is 0 Å². The van der Waals surface area contributed by atoms with Crippen LogP contribution in [0.1, 0.15) is 56.2 Å². The van der Waals surface area contributed by atoms with Crippen molar-refractivity contribution in [2.45, 2.75) is 57.9 Å². The Hall–Kier alpha value is -0.900. The van der Waals surface area contributed by atoms with Gasteiger partial charge < -0.3 is 9.88 Å². The first-order valence-electron chi connectivity index (χ1n) is 7.45. The zero-order valence-corrected chi connectivity index (χ0v) is 11.4. The van der Waals surface area contributed by atoms with E-state index in [1.807, 2.05) is 0 Å². The van der Waals surface area contributed by atoms with E-state index in [-0.39, 0.29) is 0 Å². The SMILES string of the molecule is Cc1nnc(CC2CCCNC2)n1C1CCCC1. The number of nitrogens with one attached hydrogen (secondary N) is 1. The molecule has 1 unspecified atom stereocenters. The summed E-state index contributed by atoms with van der Waals surface area (Å²) in [6.45, 7) is 4.44. The van der Waals surface area contributed by atoms with E-state index < -0.39 is 0 Å². The zero-order chi connectivity index (χ0) is 12.4. The van der Waals surface area contributed by atoms with Gasteiger partial charge >= 0.3 is 0 Å². The standard InChI is InChI=1S/C14H24N4/c1-11-16-17-14(9-12-5-4-8-15-10-12)18(11)13-6-2-3-7-13/h12-13,15H,2-10H2,1H3. The van der Waals surface area contributed by atoms with Gasteiger partial charge in [-0.25, -0.2) is 0 Å². The molecule has 2 fully saturated rings. The maximum Gasteiger partial charge on any atom is 0.133 e. The van der Waals surface area contributed by atoms with Crippen LogP contribution in [0, 0.1) is 12.8 Å². The number of hydrogen-bond acceptors (Lipinski definition) is 3. The molecule has 0 radical (unpaired) electrons. The molecule has 4 nitrogen and oxygen atoms in total. The van der Waals surface area contributed by atoms with Gasteiger partial charge in [0.05, 0.1) is 0 Å². The average Bonchev–Trinajstić information content (AvgIpc) is 3.01. The molecule has 0 spiro atoms. The van der Waals surface area contributed by atoms with Crippen LogP contribution >= 0.6 is 0 Å². The Morgan fingerprint density at radius 3 is 2.72 bits per heavy atom. The fraction of sp³-hybridized carbons (Fsp3) is 0.857. The van der Waals surface area contributed by atoms with E-state index in [2.05, 4.69) is 27.0 Å². The molecule has 18 heavy (non-hydrogen) atoms. The van der Waals surface area contributed by atoms with Gasteiger partial charge in [0, 0.05) is 12.5 Å². The highest BCUT2D eigenvalue weighted by molar-refractivity contribution is 5.00. The van der Waals surface area contributed by atoms with Crippen LogP contribution in [0.15, 0.2) is 0 Å². The maximum atomic E-state index is 4.44. The largest absolute Gasteiger partial charge is 0.316 e. The number of aryl methyl sites for hydroxylation is 1. The van der Waals surface area contributed by atoms with Crippen molar-refractivity contribution in [3.8, 4) is 0 Å². The van der Waals surface area contributed by atoms with E-state index >= 15 is 0 Å². The van der Waals surface area contributed by atoms with Crippen molar-refractivity contribution in [1.29, 1.82) is 0 Å². The molecular weight excluding hydrogens is 224 g/mol. The minimum Gasteiger partial charge on any atom is -0.316 e. The molecule has 1 aliphatic heterocycles. The number of piperidine rings is 1. The van der Waals surface area contributed by atoms with Crippen molar-refractivity contribution < 1.29 is 0 Å². The molecule has 1 saturated heterocycles. The van der Waals surface area contributed by atoms with Crippen molar-refractivity contribution in [2.24, 2.45) is 5.92 Å². The van der Waals surface area contributed by atoms with Gasteiger partial charge in [-0.2, -0.15) is 0 Å². The first-order chi connectivity index (χ1) is 8.84. The number of rotatable bonds is 3. The summed E-state index contributed by atoms with van der Waals surface area (Å²) in [4.78, 5) is 0. The van der Waals surface area contributed by atoms with Gasteiger partial charge in [0.15, 0.2) is 0 Å². The van der Waals surface area contributed by atoms with Gasteiger partial charge in [0.2, 0.25) is 0 Å². The summed E-state index contributed by atoms with van der Waals surface area (Å²) in [6, 6.07) is 0.673. The summed E-state index contributed by atoms with van der Waals surface area (Å²) >= 11 is 0. The van der Waals surface area contributed by atoms with E-state index in [4.69, 9.17) is 0 Å². The molecule has 0 amide bonds. The molecule has 1 aliphatic carbocycles. The fourth-order valence-electron chi connectivity index (χ4n) is 3.55. The van der Waals surface area contributed by atoms with Crippen molar-refractivity contribution >= 4 is 0 Å². The lowest BCUT2D eigenvalue weighted by atomic mass is 9.96. The first kappa shape index (κ1) is 12.2. The normalized spacial score (nSPS) is 25.7. The lowest BCUT2D eigenvalue weighted by molar-refractivity contribution is 0.359. The van der Waals surface area contributed by atoms with Crippen LogP contribution in [0.25, 0.3) is 0 Å². The summed E-state index contributed by atoms with van der Waals surface area (Å²) in [5.74, 6) is 3.09. The molecule has 4 heteroatoms. The van der Waals surface area contributed by atoms with Crippen LogP contribution in [-0.2, 0) is 6.42 Å². The third kappa shape index (κ3) is 2.44. The van der Waals surface area contributed by atoms with Crippen LogP contribution in [0.2, 0.25) is 0 Å². The van der Waals surface area contributed by atoms with Crippen molar-refractivity contribution in [1.82, 2.24) is 20.1 Å². The molecule has 1 N–H and O–H groups in total. The van der Waals surface area contributed by atoms with Gasteiger partial charge in [-0.05, 0) is 51.6 Å². The molecule has 0 aromatic carbocycles. The smallest absolute Gasteiger partial charge is 0.133 e. The number of aromatic nitrogens is 3. The molecular formula is C14H24N4. The van der Waals surface area contributed by atoms with E-state index in [1.54, 1.807) is 0 Å². The molecule has 100 valence electrons. The van der Waals surface area contributed by atoms with Gasteiger partial charge in [-0.1, -0.05) is 12.8 Å². The summed E-state index contributed by atoms with van der Waals surface area (Å²) in [7, 11) is 0. The van der Waals surface area contributed by atoms with E-state index in [0.29, 0.717) is 6.04 Å². The molecule has 0 bridgehead atoms. The Morgan fingerprint density at radius 2 is 2.00 bits per heavy atom. The van der Waals surface area contributed by atoms with Crippen molar-refractivity contribution in [2.75, 3.05) is 13.1 Å². The van der Waals surface area contributed by atoms with Crippen LogP contribution in [0.4, 0.5) is 0 Å². The number of hydrogen-bond donors (Lipinski definition) is 1. The molecule has 2 aliphatic rings. The van der Waals surface area contributed by atoms with Crippen molar-refractivity contribution in [3.05, 3.63) is 11.6 Å². The molecule has 1 atom stereocenters. The Balaban J connectivity index is 1.74. The summed E-state index contributed by atoms with van der Waals surface area (Å²) < 4.78 is 2.43. The van der Waals surface area contributed by atoms with Gasteiger partial charge in [-0.15, -0.1) is 10.2 Å². The lowest BCUT2D eigenvalue weighted by Gasteiger charge is -2.23. The first-order valence-corrected chi connectivity index (χ1v) is 7.45. The highest BCUT2D eigenvalue weighted by Crippen LogP contribution is 2.31. The second-order valence-electron chi connectivity index (χ2n) is 5.89. The van der Waals surface area contributed by atoms with Gasteiger partial charge in [-0.3, -0.25) is 0 Å². The van der Waals surface area contributed by atoms with Crippen LogP contribution < -0.4 is 5.32 Å². The molecule has 3 rings (SSSR count). The third-order valence-electron chi connectivity index (χ3n) is 4.50. The Morgan fingerprint density at radius 1 is 1.17 bits per heavy atom. The summed E-state index contributed by atoms with van der Waals surface area (Å²) in [5, 5.41) is 12.3. The van der Waals surface area contributed by atoms with E-state index in [1.165, 1.54) is 50.9 Å². The average molecular weight is 248 g/mol. The molecule has 2 heterocycles. The Kier molecular flexibility index (Phi) is 3.64. The summed E-state index contributed by atoms with van der Waals surface area (Å²) in [6.07, 6.45) is 9.11. The minimum atomic E-state index is 0.673. The Bertz CT molecular complexity index is 386. The van der Waals surface area contributed by atoms with Crippen LogP contribution in [0.3, 0.4) is 0 Å². The second-order valence-corrected chi connectivity index (χ2v) is 5.89. The second kappa shape index (κ2) is 5.39.